The van der Waals surface area contributed by atoms with Crippen LogP contribution in [0.25, 0.3) is 0 Å². The molecular weight excluding hydrogens is 340 g/mol. The van der Waals surface area contributed by atoms with E-state index < -0.39 is 22.3 Å². The van der Waals surface area contributed by atoms with Gasteiger partial charge in [0, 0.05) is 15.2 Å². The second kappa shape index (κ2) is 9.29. The molecule has 1 N–H and O–H groups in total. The van der Waals surface area contributed by atoms with Crippen molar-refractivity contribution in [1.82, 2.24) is 0 Å². The number of hydrogen-bond donors (Lipinski definition) is 1. The van der Waals surface area contributed by atoms with Crippen LogP contribution in [-0.2, 0) is 10.8 Å². The summed E-state index contributed by atoms with van der Waals surface area (Å²) < 4.78 is 13.3. The van der Waals surface area contributed by atoms with Crippen LogP contribution in [0.5, 0.6) is 0 Å². The molecule has 2 aromatic carbocycles. The molecule has 0 heterocycles. The summed E-state index contributed by atoms with van der Waals surface area (Å²) in [7, 11) is -1.36. The minimum Gasteiger partial charge on any atom is -0.387 e. The van der Waals surface area contributed by atoms with E-state index in [2.05, 4.69) is 20.4 Å². The molecule has 3 atom stereocenters. The first-order valence-corrected chi connectivity index (χ1v) is 10.5. The predicted molar refractivity (Wildman–Crippen MR) is 110 cm³/mol. The number of aliphatic hydroxyl groups is 1. The van der Waals surface area contributed by atoms with Crippen molar-refractivity contribution in [3.05, 3.63) is 77.2 Å². The lowest BCUT2D eigenvalue weighted by Crippen LogP contribution is -2.32. The van der Waals surface area contributed by atoms with Gasteiger partial charge in [-0.05, 0) is 37.5 Å². The number of hydrogen-bond acceptors (Lipinski definition) is 2. The summed E-state index contributed by atoms with van der Waals surface area (Å²) in [6, 6.07) is 17.4. The van der Waals surface area contributed by atoms with Gasteiger partial charge in [0.1, 0.15) is 0 Å². The maximum atomic E-state index is 13.3. The zero-order chi connectivity index (χ0) is 19.2. The summed E-state index contributed by atoms with van der Waals surface area (Å²) in [5.41, 5.74) is 1.38. The van der Waals surface area contributed by atoms with Crippen molar-refractivity contribution in [1.29, 1.82) is 0 Å². The molecule has 1 unspecified atom stereocenters. The van der Waals surface area contributed by atoms with Gasteiger partial charge in [0.2, 0.25) is 0 Å². The van der Waals surface area contributed by atoms with Crippen molar-refractivity contribution in [2.75, 3.05) is 0 Å². The van der Waals surface area contributed by atoms with Crippen LogP contribution in [0, 0.1) is 12.3 Å². The molecule has 0 bridgehead atoms. The first kappa shape index (κ1) is 20.6. The summed E-state index contributed by atoms with van der Waals surface area (Å²) in [5, 5.41) is 11.3. The highest BCUT2D eigenvalue weighted by Gasteiger charge is 2.41. The average molecular weight is 371 g/mol. The monoisotopic (exact) mass is 370 g/mol. The molecule has 0 aliphatic rings. The van der Waals surface area contributed by atoms with Gasteiger partial charge >= 0.3 is 0 Å². The standard InChI is InChI=1S/C23H30O2S/c1-5-7-17-23(6-2,22(24)20-11-9-8-10-12-20)19(4)26(25)21-15-13-18(3)14-16-21/h8-16,22,24H,4-7,17H2,1-3H3/t22-,23-,26?/m1/s1. The molecule has 2 rings (SSSR count). The van der Waals surface area contributed by atoms with Crippen LogP contribution < -0.4 is 0 Å². The van der Waals surface area contributed by atoms with E-state index in [1.54, 1.807) is 0 Å². The van der Waals surface area contributed by atoms with E-state index in [4.69, 9.17) is 0 Å². The van der Waals surface area contributed by atoms with Gasteiger partial charge in [0.25, 0.3) is 0 Å². The van der Waals surface area contributed by atoms with Crippen LogP contribution in [0.1, 0.15) is 56.8 Å². The number of aliphatic hydroxyl groups excluding tert-OH is 1. The number of benzene rings is 2. The molecule has 0 aromatic heterocycles. The van der Waals surface area contributed by atoms with Crippen LogP contribution in [0.15, 0.2) is 71.0 Å². The second-order valence-electron chi connectivity index (χ2n) is 6.93. The van der Waals surface area contributed by atoms with Crippen molar-refractivity contribution >= 4 is 10.8 Å². The van der Waals surface area contributed by atoms with Crippen molar-refractivity contribution in [3.8, 4) is 0 Å². The van der Waals surface area contributed by atoms with Gasteiger partial charge in [0.15, 0.2) is 0 Å². The third kappa shape index (κ3) is 4.33. The van der Waals surface area contributed by atoms with Crippen LogP contribution in [0.4, 0.5) is 0 Å². The maximum Gasteiger partial charge on any atom is 0.0892 e. The summed E-state index contributed by atoms with van der Waals surface area (Å²) in [4.78, 5) is 1.36. The minimum atomic E-state index is -1.36. The van der Waals surface area contributed by atoms with E-state index in [0.29, 0.717) is 11.3 Å². The Hall–Kier alpha value is -1.71. The Balaban J connectivity index is 2.43. The third-order valence-electron chi connectivity index (χ3n) is 5.26. The van der Waals surface area contributed by atoms with E-state index in [1.165, 1.54) is 0 Å². The van der Waals surface area contributed by atoms with Gasteiger partial charge in [-0.2, -0.15) is 0 Å². The quantitative estimate of drug-likeness (QED) is 0.593. The minimum absolute atomic E-state index is 0.604. The molecule has 26 heavy (non-hydrogen) atoms. The summed E-state index contributed by atoms with van der Waals surface area (Å²) in [6.07, 6.45) is 2.73. The molecule has 0 spiro atoms. The Labute approximate surface area is 160 Å². The van der Waals surface area contributed by atoms with E-state index in [0.717, 1.165) is 35.3 Å². The van der Waals surface area contributed by atoms with Gasteiger partial charge in [0.05, 0.1) is 16.9 Å². The lowest BCUT2D eigenvalue weighted by molar-refractivity contribution is 0.0436. The normalized spacial score (nSPS) is 15.8. The van der Waals surface area contributed by atoms with Gasteiger partial charge in [-0.25, -0.2) is 4.21 Å². The Morgan fingerprint density at radius 1 is 1.12 bits per heavy atom. The zero-order valence-corrected chi connectivity index (χ0v) is 16.9. The molecule has 0 aliphatic heterocycles. The van der Waals surface area contributed by atoms with E-state index in [-0.39, 0.29) is 0 Å². The SMILES string of the molecule is C=C(S(=O)c1ccc(C)cc1)[C@@](CC)(CCCC)[C@H](O)c1ccccc1. The summed E-state index contributed by atoms with van der Waals surface area (Å²) >= 11 is 0. The molecule has 0 saturated heterocycles. The highest BCUT2D eigenvalue weighted by atomic mass is 32.2. The number of aryl methyl sites for hydroxylation is 1. The zero-order valence-electron chi connectivity index (χ0n) is 16.1. The molecule has 0 amide bonds. The largest absolute Gasteiger partial charge is 0.387 e. The maximum absolute atomic E-state index is 13.3. The molecule has 0 aliphatic carbocycles. The van der Waals surface area contributed by atoms with Crippen molar-refractivity contribution in [3.63, 3.8) is 0 Å². The van der Waals surface area contributed by atoms with Crippen LogP contribution in [0.3, 0.4) is 0 Å². The topological polar surface area (TPSA) is 37.3 Å². The summed E-state index contributed by atoms with van der Waals surface area (Å²) in [5.74, 6) is 0. The van der Waals surface area contributed by atoms with Crippen molar-refractivity contribution in [2.24, 2.45) is 5.41 Å². The second-order valence-corrected chi connectivity index (χ2v) is 8.43. The Kier molecular flexibility index (Phi) is 7.36. The highest BCUT2D eigenvalue weighted by molar-refractivity contribution is 7.89. The summed E-state index contributed by atoms with van der Waals surface area (Å²) in [6.45, 7) is 10.4. The first-order valence-electron chi connectivity index (χ1n) is 9.37. The van der Waals surface area contributed by atoms with Gasteiger partial charge in [-0.15, -0.1) is 0 Å². The molecule has 2 aromatic rings. The average Bonchev–Trinajstić information content (AvgIpc) is 2.69. The Bertz CT molecular complexity index is 737. The van der Waals surface area contributed by atoms with Gasteiger partial charge in [-0.3, -0.25) is 0 Å². The van der Waals surface area contributed by atoms with Crippen molar-refractivity contribution in [2.45, 2.75) is 57.5 Å². The molecule has 0 saturated carbocycles. The fourth-order valence-corrected chi connectivity index (χ4v) is 4.83. The molecular formula is C23H30O2S. The third-order valence-corrected chi connectivity index (χ3v) is 6.81. The molecule has 140 valence electrons. The van der Waals surface area contributed by atoms with Crippen molar-refractivity contribution < 1.29 is 9.32 Å². The highest BCUT2D eigenvalue weighted by Crippen LogP contribution is 2.49. The number of unbranched alkanes of at least 4 members (excludes halogenated alkanes) is 1. The Morgan fingerprint density at radius 2 is 1.73 bits per heavy atom. The molecule has 2 nitrogen and oxygen atoms in total. The smallest absolute Gasteiger partial charge is 0.0892 e. The Morgan fingerprint density at radius 3 is 2.27 bits per heavy atom. The molecule has 0 radical (unpaired) electrons. The molecule has 0 fully saturated rings. The van der Waals surface area contributed by atoms with Gasteiger partial charge in [-0.1, -0.05) is 81.3 Å². The van der Waals surface area contributed by atoms with Crippen LogP contribution in [0.2, 0.25) is 0 Å². The van der Waals surface area contributed by atoms with E-state index in [1.807, 2.05) is 61.5 Å². The lowest BCUT2D eigenvalue weighted by Gasteiger charge is -2.39. The fourth-order valence-electron chi connectivity index (χ4n) is 3.43. The lowest BCUT2D eigenvalue weighted by atomic mass is 9.73. The predicted octanol–water partition coefficient (Wildman–Crippen LogP) is 5.94. The first-order chi connectivity index (χ1) is 12.5. The number of rotatable bonds is 9. The molecule has 3 heteroatoms. The van der Waals surface area contributed by atoms with Crippen LogP contribution in [-0.4, -0.2) is 9.32 Å². The van der Waals surface area contributed by atoms with Crippen LogP contribution >= 0.6 is 0 Å². The van der Waals surface area contributed by atoms with E-state index in [9.17, 15) is 9.32 Å². The van der Waals surface area contributed by atoms with E-state index >= 15 is 0 Å². The fraction of sp³-hybridized carbons (Fsp3) is 0.391. The van der Waals surface area contributed by atoms with Gasteiger partial charge < -0.3 is 5.11 Å².